The van der Waals surface area contributed by atoms with Gasteiger partial charge in [0, 0.05) is 30.6 Å². The fraction of sp³-hybridized carbons (Fsp3) is 0.462. The Morgan fingerprint density at radius 2 is 2.10 bits per heavy atom. The van der Waals surface area contributed by atoms with E-state index in [1.54, 1.807) is 0 Å². The lowest BCUT2D eigenvalue weighted by Crippen LogP contribution is -2.33. The monoisotopic (exact) mass is 302 g/mol. The Kier molecular flexibility index (Phi) is 6.38. The molecule has 1 amide bonds. The summed E-state index contributed by atoms with van der Waals surface area (Å²) >= 11 is 5.64. The zero-order valence-electron chi connectivity index (χ0n) is 11.1. The molecule has 7 heteroatoms. The molecule has 1 aromatic rings. The Bertz CT molecular complexity index is 497. The van der Waals surface area contributed by atoms with Gasteiger partial charge in [-0.05, 0) is 12.5 Å². The molecule has 0 radical (unpaired) electrons. The van der Waals surface area contributed by atoms with Gasteiger partial charge in [0.25, 0.3) is 11.6 Å². The molecular formula is C13H16ClFN2O3. The molecule has 0 aliphatic heterocycles. The first-order chi connectivity index (χ1) is 9.49. The first-order valence-electron chi connectivity index (χ1n) is 6.29. The molecular weight excluding hydrogens is 287 g/mol. The Morgan fingerprint density at radius 1 is 1.40 bits per heavy atom. The first-order valence-corrected chi connectivity index (χ1v) is 6.83. The molecule has 0 saturated heterocycles. The van der Waals surface area contributed by atoms with Crippen molar-refractivity contribution in [2.45, 2.75) is 19.8 Å². The maximum absolute atomic E-state index is 13.3. The number of benzene rings is 1. The minimum absolute atomic E-state index is 0.0297. The summed E-state index contributed by atoms with van der Waals surface area (Å²) in [6.45, 7) is 2.80. The normalized spacial score (nSPS) is 10.3. The highest BCUT2D eigenvalue weighted by atomic mass is 35.5. The van der Waals surface area contributed by atoms with Gasteiger partial charge in [0.2, 0.25) is 0 Å². The zero-order chi connectivity index (χ0) is 15.1. The molecule has 5 nitrogen and oxygen atoms in total. The van der Waals surface area contributed by atoms with Crippen LogP contribution in [0.5, 0.6) is 0 Å². The number of halogens is 2. The van der Waals surface area contributed by atoms with Gasteiger partial charge in [0.1, 0.15) is 5.82 Å². The highest BCUT2D eigenvalue weighted by Gasteiger charge is 2.19. The van der Waals surface area contributed by atoms with E-state index >= 15 is 0 Å². The Balaban J connectivity index is 3.01. The topological polar surface area (TPSA) is 63.5 Å². The molecule has 1 rings (SSSR count). The lowest BCUT2D eigenvalue weighted by atomic mass is 10.1. The minimum Gasteiger partial charge on any atom is -0.337 e. The Hall–Kier alpha value is -1.69. The van der Waals surface area contributed by atoms with E-state index in [2.05, 4.69) is 0 Å². The largest absolute Gasteiger partial charge is 0.337 e. The molecule has 0 spiro atoms. The van der Waals surface area contributed by atoms with Gasteiger partial charge in [-0.25, -0.2) is 4.39 Å². The highest BCUT2D eigenvalue weighted by Crippen LogP contribution is 2.18. The van der Waals surface area contributed by atoms with Crippen LogP contribution in [0.25, 0.3) is 0 Å². The second-order valence-electron chi connectivity index (χ2n) is 4.29. The molecule has 20 heavy (non-hydrogen) atoms. The molecule has 0 aromatic heterocycles. The van der Waals surface area contributed by atoms with Gasteiger partial charge >= 0.3 is 0 Å². The quantitative estimate of drug-likeness (QED) is 0.441. The average molecular weight is 303 g/mol. The maximum atomic E-state index is 13.3. The number of non-ortho nitro benzene ring substituents is 1. The van der Waals surface area contributed by atoms with E-state index in [9.17, 15) is 19.3 Å². The van der Waals surface area contributed by atoms with Crippen LogP contribution < -0.4 is 0 Å². The fourth-order valence-electron chi connectivity index (χ4n) is 1.75. The number of carbonyl (C=O) groups excluding carboxylic acids is 1. The van der Waals surface area contributed by atoms with Crippen LogP contribution in [0, 0.1) is 15.9 Å². The molecule has 110 valence electrons. The van der Waals surface area contributed by atoms with Gasteiger partial charge in [-0.15, -0.1) is 11.6 Å². The summed E-state index contributed by atoms with van der Waals surface area (Å²) in [4.78, 5) is 23.7. The van der Waals surface area contributed by atoms with Gasteiger partial charge in [-0.1, -0.05) is 13.3 Å². The van der Waals surface area contributed by atoms with Crippen LogP contribution in [0.4, 0.5) is 10.1 Å². The summed E-state index contributed by atoms with van der Waals surface area (Å²) in [6.07, 6.45) is 1.69. The van der Waals surface area contributed by atoms with Gasteiger partial charge in [0.15, 0.2) is 0 Å². The molecule has 0 aliphatic carbocycles. The van der Waals surface area contributed by atoms with Crippen molar-refractivity contribution in [3.63, 3.8) is 0 Å². The third kappa shape index (κ3) is 4.45. The smallest absolute Gasteiger partial charge is 0.273 e. The van der Waals surface area contributed by atoms with Gasteiger partial charge in [0.05, 0.1) is 11.0 Å². The zero-order valence-corrected chi connectivity index (χ0v) is 11.9. The fourth-order valence-corrected chi connectivity index (χ4v) is 1.96. The van der Waals surface area contributed by atoms with Crippen LogP contribution in [0.15, 0.2) is 18.2 Å². The van der Waals surface area contributed by atoms with E-state index in [1.165, 1.54) is 4.90 Å². The van der Waals surface area contributed by atoms with E-state index in [0.29, 0.717) is 13.1 Å². The van der Waals surface area contributed by atoms with Crippen LogP contribution >= 0.6 is 11.6 Å². The molecule has 0 fully saturated rings. The number of hydrogen-bond donors (Lipinski definition) is 0. The summed E-state index contributed by atoms with van der Waals surface area (Å²) in [5.74, 6) is -0.988. The molecule has 0 unspecified atom stereocenters. The van der Waals surface area contributed by atoms with E-state index in [-0.39, 0.29) is 11.4 Å². The first kappa shape index (κ1) is 16.4. The van der Waals surface area contributed by atoms with Crippen LogP contribution in [0.1, 0.15) is 30.1 Å². The number of alkyl halides is 1. The standard InChI is InChI=1S/C13H16ClFN2O3/c1-2-3-5-16(6-4-14)13(18)10-7-11(15)9-12(8-10)17(19)20/h7-9H,2-6H2,1H3. The molecule has 0 saturated carbocycles. The lowest BCUT2D eigenvalue weighted by Gasteiger charge is -2.21. The molecule has 0 bridgehead atoms. The van der Waals surface area contributed by atoms with Crippen molar-refractivity contribution in [3.8, 4) is 0 Å². The van der Waals surface area contributed by atoms with Crippen molar-refractivity contribution < 1.29 is 14.1 Å². The van der Waals surface area contributed by atoms with E-state index in [0.717, 1.165) is 31.0 Å². The summed E-state index contributed by atoms with van der Waals surface area (Å²) in [5.41, 5.74) is -0.465. The van der Waals surface area contributed by atoms with Crippen molar-refractivity contribution in [2.24, 2.45) is 0 Å². The van der Waals surface area contributed by atoms with E-state index in [4.69, 9.17) is 11.6 Å². The maximum Gasteiger partial charge on any atom is 0.273 e. The predicted octanol–water partition coefficient (Wildman–Crippen LogP) is 3.22. The van der Waals surface area contributed by atoms with E-state index < -0.39 is 22.3 Å². The number of nitro groups is 1. The van der Waals surface area contributed by atoms with Crippen molar-refractivity contribution in [3.05, 3.63) is 39.7 Å². The van der Waals surface area contributed by atoms with Crippen molar-refractivity contribution in [1.82, 2.24) is 4.90 Å². The molecule has 0 heterocycles. The molecule has 0 N–H and O–H groups in total. The number of nitrogens with zero attached hydrogens (tertiary/aromatic N) is 2. The van der Waals surface area contributed by atoms with Crippen LogP contribution in [0.2, 0.25) is 0 Å². The summed E-state index contributed by atoms with van der Waals surface area (Å²) in [5, 5.41) is 10.7. The third-order valence-corrected chi connectivity index (χ3v) is 2.93. The van der Waals surface area contributed by atoms with Crippen molar-refractivity contribution >= 4 is 23.2 Å². The number of rotatable bonds is 7. The Labute approximate surface area is 121 Å². The van der Waals surface area contributed by atoms with E-state index in [1.807, 2.05) is 6.92 Å². The summed E-state index contributed by atoms with van der Waals surface area (Å²) < 4.78 is 13.3. The van der Waals surface area contributed by atoms with Gasteiger partial charge in [-0.2, -0.15) is 0 Å². The lowest BCUT2D eigenvalue weighted by molar-refractivity contribution is -0.385. The number of nitro benzene ring substituents is 1. The summed E-state index contributed by atoms with van der Waals surface area (Å²) in [6, 6.07) is 2.87. The number of amides is 1. The van der Waals surface area contributed by atoms with Gasteiger partial charge in [-0.3, -0.25) is 14.9 Å². The second kappa shape index (κ2) is 7.79. The average Bonchev–Trinajstić information content (AvgIpc) is 2.42. The third-order valence-electron chi connectivity index (χ3n) is 2.76. The highest BCUT2D eigenvalue weighted by molar-refractivity contribution is 6.18. The van der Waals surface area contributed by atoms with Crippen molar-refractivity contribution in [1.29, 1.82) is 0 Å². The van der Waals surface area contributed by atoms with Crippen LogP contribution in [0.3, 0.4) is 0 Å². The molecule has 0 atom stereocenters. The number of carbonyl (C=O) groups is 1. The molecule has 1 aromatic carbocycles. The number of unbranched alkanes of at least 4 members (excludes halogenated alkanes) is 1. The Morgan fingerprint density at radius 3 is 2.65 bits per heavy atom. The van der Waals surface area contributed by atoms with Crippen molar-refractivity contribution in [2.75, 3.05) is 19.0 Å². The van der Waals surface area contributed by atoms with Crippen LogP contribution in [-0.4, -0.2) is 34.7 Å². The van der Waals surface area contributed by atoms with Crippen LogP contribution in [-0.2, 0) is 0 Å². The predicted molar refractivity (Wildman–Crippen MR) is 74.6 cm³/mol. The SMILES string of the molecule is CCCCN(CCCl)C(=O)c1cc(F)cc([N+](=O)[O-])c1. The summed E-state index contributed by atoms with van der Waals surface area (Å²) in [7, 11) is 0. The van der Waals surface area contributed by atoms with Gasteiger partial charge < -0.3 is 4.90 Å². The number of hydrogen-bond acceptors (Lipinski definition) is 3. The second-order valence-corrected chi connectivity index (χ2v) is 4.67. The molecule has 0 aliphatic rings. The minimum atomic E-state index is -0.802.